The number of aryl methyl sites for hydroxylation is 2. The third-order valence-corrected chi connectivity index (χ3v) is 8.33. The smallest absolute Gasteiger partial charge is 0.242 e. The van der Waals surface area contributed by atoms with Gasteiger partial charge in [0.25, 0.3) is 0 Å². The summed E-state index contributed by atoms with van der Waals surface area (Å²) in [4.78, 5) is 17.5. The molecule has 8 heteroatoms. The minimum Gasteiger partial charge on any atom is -0.353 e. The number of hydrogen-bond acceptors (Lipinski definition) is 4. The maximum Gasteiger partial charge on any atom is 0.242 e. The largest absolute Gasteiger partial charge is 0.353 e. The lowest BCUT2D eigenvalue weighted by Gasteiger charge is -2.34. The number of nitrogens with one attached hydrogen (secondary N) is 1. The first-order valence-electron chi connectivity index (χ1n) is 10.9. The van der Waals surface area contributed by atoms with Crippen LogP contribution in [-0.4, -0.2) is 48.3 Å². The molecule has 166 valence electrons. The molecule has 1 fully saturated rings. The number of benzene rings is 1. The van der Waals surface area contributed by atoms with Gasteiger partial charge in [-0.1, -0.05) is 26.7 Å². The summed E-state index contributed by atoms with van der Waals surface area (Å²) in [7, 11) is -0.479. The predicted molar refractivity (Wildman–Crippen MR) is 119 cm³/mol. The molecule has 1 aromatic carbocycles. The van der Waals surface area contributed by atoms with Crippen molar-refractivity contribution in [2.45, 2.75) is 70.4 Å². The van der Waals surface area contributed by atoms with E-state index in [1.807, 2.05) is 6.92 Å². The van der Waals surface area contributed by atoms with E-state index in [-0.39, 0.29) is 16.8 Å². The van der Waals surface area contributed by atoms with Gasteiger partial charge in [0.15, 0.2) is 0 Å². The van der Waals surface area contributed by atoms with Crippen LogP contribution in [0.1, 0.15) is 52.3 Å². The molecule has 1 aromatic heterocycles. The maximum atomic E-state index is 12.6. The molecule has 1 N–H and O–H groups in total. The van der Waals surface area contributed by atoms with Crippen molar-refractivity contribution < 1.29 is 13.2 Å². The maximum absolute atomic E-state index is 12.6. The van der Waals surface area contributed by atoms with Crippen LogP contribution in [0.5, 0.6) is 0 Å². The van der Waals surface area contributed by atoms with Crippen LogP contribution >= 0.6 is 0 Å². The Bertz CT molecular complexity index is 1010. The van der Waals surface area contributed by atoms with Gasteiger partial charge in [-0.05, 0) is 43.4 Å². The predicted octanol–water partition coefficient (Wildman–Crippen LogP) is 3.18. The highest BCUT2D eigenvalue weighted by atomic mass is 32.2. The van der Waals surface area contributed by atoms with Crippen molar-refractivity contribution in [1.82, 2.24) is 19.2 Å². The minimum absolute atomic E-state index is 0.0616. The quantitative estimate of drug-likeness (QED) is 0.725. The number of carbonyl (C=O) groups excluding carboxylic acids is 1. The van der Waals surface area contributed by atoms with E-state index < -0.39 is 10.0 Å². The topological polar surface area (TPSA) is 84.3 Å². The third kappa shape index (κ3) is 4.54. The molecule has 0 spiro atoms. The average Bonchev–Trinajstić information content (AvgIpc) is 3.06. The van der Waals surface area contributed by atoms with Crippen molar-refractivity contribution >= 4 is 27.0 Å². The summed E-state index contributed by atoms with van der Waals surface area (Å²) >= 11 is 0. The van der Waals surface area contributed by atoms with Gasteiger partial charge in [0.2, 0.25) is 15.9 Å². The first-order chi connectivity index (χ1) is 14.1. The van der Waals surface area contributed by atoms with Crippen LogP contribution in [0.2, 0.25) is 0 Å². The van der Waals surface area contributed by atoms with Crippen LogP contribution in [0.15, 0.2) is 23.1 Å². The summed E-state index contributed by atoms with van der Waals surface area (Å²) in [5.74, 6) is 2.01. The molecule has 30 heavy (non-hydrogen) atoms. The summed E-state index contributed by atoms with van der Waals surface area (Å²) in [5.41, 5.74) is 1.53. The molecule has 0 unspecified atom stereocenters. The average molecular weight is 435 g/mol. The summed E-state index contributed by atoms with van der Waals surface area (Å²) < 4.78 is 28.1. The zero-order valence-electron chi connectivity index (χ0n) is 18.7. The lowest BCUT2D eigenvalue weighted by atomic mass is 9.78. The van der Waals surface area contributed by atoms with Crippen LogP contribution in [-0.2, 0) is 27.8 Å². The Morgan fingerprint density at radius 1 is 1.27 bits per heavy atom. The minimum atomic E-state index is -3.51. The molecule has 2 aromatic rings. The SMILES string of the molecule is CCn1c(CCC(=O)N[C@@H]2CCC[C@H](C)[C@H]2C)nc2cc(S(=O)(=O)N(C)C)ccc21. The fourth-order valence-electron chi connectivity index (χ4n) is 4.36. The van der Waals surface area contributed by atoms with Gasteiger partial charge in [-0.25, -0.2) is 17.7 Å². The Hall–Kier alpha value is -1.93. The number of rotatable bonds is 7. The molecule has 0 radical (unpaired) electrons. The number of hydrogen-bond donors (Lipinski definition) is 1. The molecular weight excluding hydrogens is 400 g/mol. The van der Waals surface area contributed by atoms with Crippen LogP contribution < -0.4 is 5.32 Å². The van der Waals surface area contributed by atoms with Gasteiger partial charge in [0.05, 0.1) is 15.9 Å². The van der Waals surface area contributed by atoms with Gasteiger partial charge >= 0.3 is 0 Å². The number of sulfonamides is 1. The van der Waals surface area contributed by atoms with Crippen molar-refractivity contribution in [3.8, 4) is 0 Å². The second-order valence-electron chi connectivity index (χ2n) is 8.65. The van der Waals surface area contributed by atoms with Crippen molar-refractivity contribution in [2.75, 3.05) is 14.1 Å². The Kier molecular flexibility index (Phi) is 6.87. The number of carbonyl (C=O) groups is 1. The zero-order valence-corrected chi connectivity index (χ0v) is 19.5. The van der Waals surface area contributed by atoms with Crippen molar-refractivity contribution in [2.24, 2.45) is 11.8 Å². The Morgan fingerprint density at radius 3 is 2.67 bits per heavy atom. The summed E-state index contributed by atoms with van der Waals surface area (Å²) in [6, 6.07) is 5.29. The van der Waals surface area contributed by atoms with E-state index in [2.05, 4.69) is 28.7 Å². The van der Waals surface area contributed by atoms with E-state index in [1.54, 1.807) is 18.2 Å². The van der Waals surface area contributed by atoms with E-state index >= 15 is 0 Å². The molecule has 3 rings (SSSR count). The first kappa shape index (κ1) is 22.7. The molecule has 1 amide bonds. The fraction of sp³-hybridized carbons (Fsp3) is 0.636. The van der Waals surface area contributed by atoms with Gasteiger partial charge < -0.3 is 9.88 Å². The number of amides is 1. The lowest BCUT2D eigenvalue weighted by Crippen LogP contribution is -2.43. The van der Waals surface area contributed by atoms with Gasteiger partial charge in [-0.2, -0.15) is 0 Å². The van der Waals surface area contributed by atoms with Gasteiger partial charge in [0, 0.05) is 39.5 Å². The Labute approximate surface area is 179 Å². The number of nitrogens with zero attached hydrogens (tertiary/aromatic N) is 3. The van der Waals surface area contributed by atoms with E-state index in [0.717, 1.165) is 17.8 Å². The Morgan fingerprint density at radius 2 is 2.00 bits per heavy atom. The first-order valence-corrected chi connectivity index (χ1v) is 12.3. The second-order valence-corrected chi connectivity index (χ2v) is 10.8. The van der Waals surface area contributed by atoms with Crippen LogP contribution in [0.3, 0.4) is 0 Å². The van der Waals surface area contributed by atoms with E-state index in [0.29, 0.717) is 36.7 Å². The molecule has 1 heterocycles. The van der Waals surface area contributed by atoms with Crippen LogP contribution in [0.4, 0.5) is 0 Å². The molecule has 1 aliphatic rings. The highest BCUT2D eigenvalue weighted by Gasteiger charge is 2.28. The van der Waals surface area contributed by atoms with Gasteiger partial charge in [0.1, 0.15) is 5.82 Å². The molecule has 0 bridgehead atoms. The van der Waals surface area contributed by atoms with Gasteiger partial charge in [-0.3, -0.25) is 4.79 Å². The van der Waals surface area contributed by atoms with Crippen molar-refractivity contribution in [3.05, 3.63) is 24.0 Å². The van der Waals surface area contributed by atoms with E-state index in [4.69, 9.17) is 0 Å². The number of fused-ring (bicyclic) bond motifs is 1. The Balaban J connectivity index is 1.75. The normalized spacial score (nSPS) is 22.5. The van der Waals surface area contributed by atoms with Crippen molar-refractivity contribution in [1.29, 1.82) is 0 Å². The fourth-order valence-corrected chi connectivity index (χ4v) is 5.29. The molecule has 7 nitrogen and oxygen atoms in total. The molecule has 1 aliphatic carbocycles. The molecule has 3 atom stereocenters. The second kappa shape index (κ2) is 9.06. The molecular formula is C22H34N4O3S. The standard InChI is InChI=1S/C22H34N4O3S/c1-6-26-20-11-10-17(30(28,29)25(4)5)14-19(20)23-21(26)12-13-22(27)24-18-9-7-8-15(2)16(18)3/h10-11,14-16,18H,6-9,12-13H2,1-5H3,(H,24,27)/t15-,16+,18+/m0/s1. The summed E-state index contributed by atoms with van der Waals surface area (Å²) in [6.07, 6.45) is 4.36. The molecule has 1 saturated carbocycles. The van der Waals surface area contributed by atoms with E-state index in [9.17, 15) is 13.2 Å². The molecule has 0 aliphatic heterocycles. The monoisotopic (exact) mass is 434 g/mol. The van der Waals surface area contributed by atoms with E-state index in [1.165, 1.54) is 31.2 Å². The third-order valence-electron chi connectivity index (χ3n) is 6.52. The lowest BCUT2D eigenvalue weighted by molar-refractivity contribution is -0.122. The highest BCUT2D eigenvalue weighted by Crippen LogP contribution is 2.29. The number of imidazole rings is 1. The van der Waals surface area contributed by atoms with Crippen LogP contribution in [0.25, 0.3) is 11.0 Å². The zero-order chi connectivity index (χ0) is 22.1. The van der Waals surface area contributed by atoms with Crippen molar-refractivity contribution in [3.63, 3.8) is 0 Å². The van der Waals surface area contributed by atoms with Gasteiger partial charge in [-0.15, -0.1) is 0 Å². The summed E-state index contributed by atoms with van der Waals surface area (Å²) in [6.45, 7) is 7.23. The van der Waals surface area contributed by atoms with Crippen LogP contribution in [0, 0.1) is 11.8 Å². The highest BCUT2D eigenvalue weighted by molar-refractivity contribution is 7.89. The number of aromatic nitrogens is 2. The summed E-state index contributed by atoms with van der Waals surface area (Å²) in [5, 5.41) is 3.22. The molecule has 0 saturated heterocycles.